The molecule has 2 unspecified atom stereocenters. The Morgan fingerprint density at radius 3 is 2.14 bits per heavy atom. The van der Waals surface area contributed by atoms with E-state index in [1.807, 2.05) is 0 Å². The average molecular weight is 412 g/mol. The van der Waals surface area contributed by atoms with Gasteiger partial charge in [-0.25, -0.2) is 0 Å². The van der Waals surface area contributed by atoms with Crippen molar-refractivity contribution in [1.82, 2.24) is 26.2 Å². The van der Waals surface area contributed by atoms with Crippen LogP contribution in [0.15, 0.2) is 0 Å². The molecule has 0 radical (unpaired) electrons. The van der Waals surface area contributed by atoms with E-state index in [0.717, 1.165) is 58.2 Å². The molecule has 0 aromatic heterocycles. The van der Waals surface area contributed by atoms with Gasteiger partial charge in [0.05, 0.1) is 12.7 Å². The summed E-state index contributed by atoms with van der Waals surface area (Å²) < 4.78 is 11.6. The highest BCUT2D eigenvalue weighted by atomic mass is 16.5. The Balaban J connectivity index is 1.26. The van der Waals surface area contributed by atoms with E-state index in [2.05, 4.69) is 40.0 Å². The molecule has 2 saturated heterocycles. The minimum Gasteiger partial charge on any atom is -0.377 e. The normalized spacial score (nSPS) is 36.4. The van der Waals surface area contributed by atoms with Crippen LogP contribution >= 0.6 is 0 Å². The molecule has 7 heteroatoms. The molecule has 2 aliphatic heterocycles. The summed E-state index contributed by atoms with van der Waals surface area (Å²) in [6.45, 7) is 11.9. The van der Waals surface area contributed by atoms with E-state index in [1.54, 1.807) is 7.11 Å². The van der Waals surface area contributed by atoms with E-state index in [-0.39, 0.29) is 12.5 Å². The lowest BCUT2D eigenvalue weighted by molar-refractivity contribution is 0.00939. The molecular weight excluding hydrogens is 366 g/mol. The van der Waals surface area contributed by atoms with Gasteiger partial charge in [-0.2, -0.15) is 0 Å². The Hall–Kier alpha value is -0.280. The van der Waals surface area contributed by atoms with Gasteiger partial charge in [0.1, 0.15) is 12.5 Å². The van der Waals surface area contributed by atoms with Crippen molar-refractivity contribution in [2.24, 2.45) is 11.8 Å². The van der Waals surface area contributed by atoms with Gasteiger partial charge >= 0.3 is 0 Å². The summed E-state index contributed by atoms with van der Waals surface area (Å²) >= 11 is 0. The van der Waals surface area contributed by atoms with Crippen LogP contribution in [0.3, 0.4) is 0 Å². The zero-order valence-electron chi connectivity index (χ0n) is 18.9. The van der Waals surface area contributed by atoms with Crippen molar-refractivity contribution in [3.8, 4) is 0 Å². The molecule has 1 saturated carbocycles. The summed E-state index contributed by atoms with van der Waals surface area (Å²) in [7, 11) is 1.80. The maximum absolute atomic E-state index is 6.14. The Morgan fingerprint density at radius 2 is 1.55 bits per heavy atom. The minimum absolute atomic E-state index is 0.250. The van der Waals surface area contributed by atoms with E-state index in [1.165, 1.54) is 32.1 Å². The van der Waals surface area contributed by atoms with E-state index in [0.29, 0.717) is 18.1 Å². The molecule has 2 heterocycles. The SMILES string of the molecule is CCN(CC)CCOC1CCC(NC2NCC(C3CCC(OC)NC3)CN2)CC1. The fourth-order valence-electron chi connectivity index (χ4n) is 5.11. The standard InChI is InChI=1S/C22H45N5O2/c1-4-27(5-2)12-13-29-20-9-7-19(8-10-20)26-22-24-15-18(16-25-22)17-6-11-21(28-3)23-14-17/h17-26H,4-16H2,1-3H3. The number of hydrogen-bond donors (Lipinski definition) is 4. The molecule has 0 amide bonds. The van der Waals surface area contributed by atoms with Gasteiger partial charge in [-0.15, -0.1) is 0 Å². The van der Waals surface area contributed by atoms with Crippen molar-refractivity contribution in [2.45, 2.75) is 77.0 Å². The first kappa shape index (κ1) is 23.4. The Morgan fingerprint density at radius 1 is 0.862 bits per heavy atom. The number of methoxy groups -OCH3 is 1. The molecule has 0 bridgehead atoms. The molecule has 3 aliphatic rings. The van der Waals surface area contributed by atoms with E-state index in [4.69, 9.17) is 9.47 Å². The molecule has 1 aliphatic carbocycles. The molecule has 170 valence electrons. The zero-order valence-corrected chi connectivity index (χ0v) is 18.9. The van der Waals surface area contributed by atoms with Gasteiger partial charge in [0.15, 0.2) is 0 Å². The van der Waals surface area contributed by atoms with Crippen LogP contribution in [0.4, 0.5) is 0 Å². The largest absolute Gasteiger partial charge is 0.377 e. The first-order valence-electron chi connectivity index (χ1n) is 12.0. The fourth-order valence-corrected chi connectivity index (χ4v) is 5.11. The number of likely N-dealkylation sites (N-methyl/N-ethyl adjacent to an activating group) is 1. The van der Waals surface area contributed by atoms with Crippen molar-refractivity contribution >= 4 is 0 Å². The number of ether oxygens (including phenoxy) is 2. The van der Waals surface area contributed by atoms with E-state index < -0.39 is 0 Å². The van der Waals surface area contributed by atoms with Crippen LogP contribution in [0.1, 0.15) is 52.4 Å². The zero-order chi connectivity index (χ0) is 20.5. The van der Waals surface area contributed by atoms with Gasteiger partial charge in [0, 0.05) is 39.3 Å². The Bertz CT molecular complexity index is 427. The van der Waals surface area contributed by atoms with Gasteiger partial charge in [-0.05, 0) is 63.5 Å². The van der Waals surface area contributed by atoms with E-state index >= 15 is 0 Å². The number of nitrogens with zero attached hydrogens (tertiary/aromatic N) is 1. The quantitative estimate of drug-likeness (QED) is 0.432. The Kier molecular flexibility index (Phi) is 10.1. The highest BCUT2D eigenvalue weighted by molar-refractivity contribution is 4.87. The second kappa shape index (κ2) is 12.5. The fraction of sp³-hybridized carbons (Fsp3) is 1.00. The summed E-state index contributed by atoms with van der Waals surface area (Å²) in [4.78, 5) is 2.43. The van der Waals surface area contributed by atoms with Crippen LogP contribution in [-0.4, -0.2) is 82.5 Å². The minimum atomic E-state index is 0.250. The van der Waals surface area contributed by atoms with Crippen molar-refractivity contribution in [3.05, 3.63) is 0 Å². The second-order valence-corrected chi connectivity index (χ2v) is 9.02. The van der Waals surface area contributed by atoms with Crippen LogP contribution in [0.25, 0.3) is 0 Å². The topological polar surface area (TPSA) is 69.8 Å². The summed E-state index contributed by atoms with van der Waals surface area (Å²) in [5.41, 5.74) is 0. The second-order valence-electron chi connectivity index (χ2n) is 9.02. The molecule has 29 heavy (non-hydrogen) atoms. The summed E-state index contributed by atoms with van der Waals surface area (Å²) in [6.07, 6.45) is 8.12. The average Bonchev–Trinajstić information content (AvgIpc) is 2.78. The van der Waals surface area contributed by atoms with Crippen LogP contribution in [0.5, 0.6) is 0 Å². The predicted molar refractivity (Wildman–Crippen MR) is 118 cm³/mol. The van der Waals surface area contributed by atoms with Crippen molar-refractivity contribution in [1.29, 1.82) is 0 Å². The van der Waals surface area contributed by atoms with Gasteiger partial charge < -0.3 is 14.4 Å². The predicted octanol–water partition coefficient (Wildman–Crippen LogP) is 1.31. The molecule has 0 spiro atoms. The molecular formula is C22H45N5O2. The van der Waals surface area contributed by atoms with Crippen molar-refractivity contribution < 1.29 is 9.47 Å². The third kappa shape index (κ3) is 7.42. The summed E-state index contributed by atoms with van der Waals surface area (Å²) in [5, 5.41) is 14.7. The van der Waals surface area contributed by atoms with Crippen molar-refractivity contribution in [3.63, 3.8) is 0 Å². The monoisotopic (exact) mass is 411 g/mol. The smallest absolute Gasteiger partial charge is 0.112 e. The van der Waals surface area contributed by atoms with Crippen LogP contribution in [-0.2, 0) is 9.47 Å². The third-order valence-electron chi connectivity index (χ3n) is 7.26. The molecule has 3 fully saturated rings. The summed E-state index contributed by atoms with van der Waals surface area (Å²) in [5.74, 6) is 1.44. The number of piperidine rings is 1. The van der Waals surface area contributed by atoms with Crippen LogP contribution in [0.2, 0.25) is 0 Å². The molecule has 2 atom stereocenters. The first-order valence-corrected chi connectivity index (χ1v) is 12.0. The maximum atomic E-state index is 6.14. The molecule has 0 aromatic carbocycles. The molecule has 7 nitrogen and oxygen atoms in total. The van der Waals surface area contributed by atoms with Crippen molar-refractivity contribution in [2.75, 3.05) is 53.0 Å². The highest BCUT2D eigenvalue weighted by Crippen LogP contribution is 2.24. The van der Waals surface area contributed by atoms with Crippen LogP contribution < -0.4 is 21.3 Å². The summed E-state index contributed by atoms with van der Waals surface area (Å²) in [6, 6.07) is 0.595. The number of hydrogen-bond acceptors (Lipinski definition) is 7. The highest BCUT2D eigenvalue weighted by Gasteiger charge is 2.31. The Labute approximate surface area is 178 Å². The molecule has 3 rings (SSSR count). The number of rotatable bonds is 10. The lowest BCUT2D eigenvalue weighted by Gasteiger charge is -2.40. The third-order valence-corrected chi connectivity index (χ3v) is 7.26. The lowest BCUT2D eigenvalue weighted by atomic mass is 9.84. The van der Waals surface area contributed by atoms with Crippen LogP contribution in [0, 0.1) is 11.8 Å². The van der Waals surface area contributed by atoms with Gasteiger partial charge in [0.2, 0.25) is 0 Å². The number of nitrogens with one attached hydrogen (secondary N) is 4. The first-order chi connectivity index (χ1) is 14.2. The lowest BCUT2D eigenvalue weighted by Crippen LogP contribution is -2.63. The van der Waals surface area contributed by atoms with Gasteiger partial charge in [-0.1, -0.05) is 13.8 Å². The van der Waals surface area contributed by atoms with E-state index in [9.17, 15) is 0 Å². The molecule has 0 aromatic rings. The van der Waals surface area contributed by atoms with Gasteiger partial charge in [-0.3, -0.25) is 21.3 Å². The maximum Gasteiger partial charge on any atom is 0.112 e. The molecule has 4 N–H and O–H groups in total. The van der Waals surface area contributed by atoms with Gasteiger partial charge in [0.25, 0.3) is 0 Å².